The van der Waals surface area contributed by atoms with E-state index in [1.165, 1.54) is 4.90 Å². The molecule has 0 bridgehead atoms. The molecule has 0 saturated carbocycles. The molecule has 7 nitrogen and oxygen atoms in total. The van der Waals surface area contributed by atoms with Crippen LogP contribution in [-0.2, 0) is 10.9 Å². The van der Waals surface area contributed by atoms with Gasteiger partial charge in [-0.05, 0) is 18.2 Å². The van der Waals surface area contributed by atoms with Crippen LogP contribution in [0.2, 0.25) is 0 Å². The Morgan fingerprint density at radius 3 is 2.78 bits per heavy atom. The molecule has 1 aromatic carbocycles. The van der Waals surface area contributed by atoms with Crippen LogP contribution in [0.25, 0.3) is 11.1 Å². The first-order chi connectivity index (χ1) is 12.5. The number of benzene rings is 1. The van der Waals surface area contributed by atoms with Crippen molar-refractivity contribution in [1.82, 2.24) is 9.88 Å². The van der Waals surface area contributed by atoms with Gasteiger partial charge in [-0.3, -0.25) is 10.3 Å². The van der Waals surface area contributed by atoms with Crippen molar-refractivity contribution < 1.29 is 31.1 Å². The maximum atomic E-state index is 13.1. The molecule has 12 heteroatoms. The lowest BCUT2D eigenvalue weighted by atomic mass is 10.2. The Balaban J connectivity index is 1.66. The van der Waals surface area contributed by atoms with Gasteiger partial charge < -0.3 is 14.9 Å². The smallest absolute Gasteiger partial charge is 0.416 e. The summed E-state index contributed by atoms with van der Waals surface area (Å²) in [5.74, 6) is -3.21. The zero-order valence-electron chi connectivity index (χ0n) is 13.7. The van der Waals surface area contributed by atoms with Crippen molar-refractivity contribution in [3.05, 3.63) is 23.8 Å². The zero-order chi connectivity index (χ0) is 19.8. The molecule has 0 amide bonds. The Bertz CT molecular complexity index is 892. The largest absolute Gasteiger partial charge is 0.422 e. The van der Waals surface area contributed by atoms with Gasteiger partial charge >= 0.3 is 12.2 Å². The van der Waals surface area contributed by atoms with Gasteiger partial charge in [-0.1, -0.05) is 0 Å². The van der Waals surface area contributed by atoms with Gasteiger partial charge in [0.2, 0.25) is 5.90 Å². The Morgan fingerprint density at radius 2 is 2.15 bits per heavy atom. The van der Waals surface area contributed by atoms with Crippen LogP contribution in [0.1, 0.15) is 12.0 Å². The highest BCUT2D eigenvalue weighted by atomic mass is 19.4. The maximum Gasteiger partial charge on any atom is 0.416 e. The second-order valence-electron chi connectivity index (χ2n) is 5.97. The fraction of sp³-hybridized carbons (Fsp3) is 0.400. The first-order valence-electron chi connectivity index (χ1n) is 7.69. The molecule has 0 radical (unpaired) electrons. The molecular formula is C15H14F5N5O2. The SMILES string of the molecule is N=C(CN1CCC(F)(F)C1)O/C(N)=N/c1nc2cc(C(F)(F)F)ccc2o1. The number of nitrogens with two attached hydrogens (primary N) is 1. The molecule has 3 N–H and O–H groups in total. The number of hydrogen-bond acceptors (Lipinski definition) is 6. The summed E-state index contributed by atoms with van der Waals surface area (Å²) in [5.41, 5.74) is 4.58. The Hall–Kier alpha value is -2.76. The standard InChI is InChI=1S/C15H14F5N5O2/c16-14(17)3-4-25(7-14)6-11(21)27-12(22)24-13-23-9-5-8(15(18,19)20)1-2-10(9)26-13/h1-2,5,21H,3-4,6-7H2,(H2,22,23,24). The van der Waals surface area contributed by atoms with Crippen molar-refractivity contribution in [2.45, 2.75) is 18.5 Å². The van der Waals surface area contributed by atoms with Gasteiger partial charge in [0.1, 0.15) is 5.52 Å². The molecule has 27 heavy (non-hydrogen) atoms. The first-order valence-corrected chi connectivity index (χ1v) is 7.69. The van der Waals surface area contributed by atoms with Crippen LogP contribution in [0.15, 0.2) is 27.6 Å². The summed E-state index contributed by atoms with van der Waals surface area (Å²) < 4.78 is 74.3. The number of nitrogens with one attached hydrogen (secondary N) is 1. The predicted molar refractivity (Wildman–Crippen MR) is 85.1 cm³/mol. The van der Waals surface area contributed by atoms with Crippen LogP contribution in [0, 0.1) is 5.41 Å². The maximum absolute atomic E-state index is 13.1. The molecule has 1 aliphatic rings. The predicted octanol–water partition coefficient (Wildman–Crippen LogP) is 3.13. The van der Waals surface area contributed by atoms with E-state index in [1.807, 2.05) is 0 Å². The number of likely N-dealkylation sites (tertiary alicyclic amines) is 1. The van der Waals surface area contributed by atoms with Crippen molar-refractivity contribution >= 4 is 29.0 Å². The van der Waals surface area contributed by atoms with Crippen molar-refractivity contribution in [2.75, 3.05) is 19.6 Å². The monoisotopic (exact) mass is 391 g/mol. The lowest BCUT2D eigenvalue weighted by Crippen LogP contribution is -2.33. The van der Waals surface area contributed by atoms with Gasteiger partial charge in [0.25, 0.3) is 11.9 Å². The summed E-state index contributed by atoms with van der Waals surface area (Å²) in [6.07, 6.45) is -4.83. The molecule has 146 valence electrons. The van der Waals surface area contributed by atoms with Crippen LogP contribution in [-0.4, -0.2) is 47.4 Å². The molecule has 0 aliphatic carbocycles. The van der Waals surface area contributed by atoms with E-state index in [0.29, 0.717) is 0 Å². The number of nitrogens with zero attached hydrogens (tertiary/aromatic N) is 3. The number of ether oxygens (including phenoxy) is 1. The van der Waals surface area contributed by atoms with Gasteiger partial charge in [-0.15, -0.1) is 4.99 Å². The van der Waals surface area contributed by atoms with E-state index in [0.717, 1.165) is 18.2 Å². The third-order valence-electron chi connectivity index (χ3n) is 3.75. The number of aromatic nitrogens is 1. The van der Waals surface area contributed by atoms with Crippen LogP contribution >= 0.6 is 0 Å². The van der Waals surface area contributed by atoms with E-state index in [4.69, 9.17) is 20.3 Å². The third-order valence-corrected chi connectivity index (χ3v) is 3.75. The lowest BCUT2D eigenvalue weighted by molar-refractivity contribution is -0.137. The fourth-order valence-corrected chi connectivity index (χ4v) is 2.56. The second kappa shape index (κ2) is 6.76. The van der Waals surface area contributed by atoms with Crippen molar-refractivity contribution in [3.63, 3.8) is 0 Å². The Kier molecular flexibility index (Phi) is 4.76. The van der Waals surface area contributed by atoms with Crippen LogP contribution < -0.4 is 5.73 Å². The molecular weight excluding hydrogens is 377 g/mol. The minimum Gasteiger partial charge on any atom is -0.422 e. The number of halogens is 5. The molecule has 2 heterocycles. The number of hydrogen-bond donors (Lipinski definition) is 2. The number of fused-ring (bicyclic) bond motifs is 1. The molecule has 1 fully saturated rings. The van der Waals surface area contributed by atoms with E-state index in [9.17, 15) is 22.0 Å². The highest BCUT2D eigenvalue weighted by Gasteiger charge is 2.38. The third kappa shape index (κ3) is 4.70. The second-order valence-corrected chi connectivity index (χ2v) is 5.97. The summed E-state index contributed by atoms with van der Waals surface area (Å²) in [6, 6.07) is 1.82. The van der Waals surface area contributed by atoms with E-state index in [1.54, 1.807) is 0 Å². The van der Waals surface area contributed by atoms with Gasteiger partial charge in [-0.2, -0.15) is 18.2 Å². The number of aliphatic imine (C=N–C) groups is 1. The van der Waals surface area contributed by atoms with Crippen molar-refractivity contribution in [2.24, 2.45) is 10.7 Å². The zero-order valence-corrected chi connectivity index (χ0v) is 13.7. The van der Waals surface area contributed by atoms with Gasteiger partial charge in [0, 0.05) is 13.0 Å². The van der Waals surface area contributed by atoms with E-state index in [-0.39, 0.29) is 36.6 Å². The molecule has 0 spiro atoms. The van der Waals surface area contributed by atoms with E-state index in [2.05, 4.69) is 9.98 Å². The molecule has 1 aromatic heterocycles. The highest BCUT2D eigenvalue weighted by Crippen LogP contribution is 2.32. The van der Waals surface area contributed by atoms with Gasteiger partial charge in [-0.25, -0.2) is 8.78 Å². The molecule has 0 atom stereocenters. The Morgan fingerprint density at radius 1 is 1.41 bits per heavy atom. The fourth-order valence-electron chi connectivity index (χ4n) is 2.56. The number of amidine groups is 1. The normalized spacial score (nSPS) is 18.2. The molecule has 2 aromatic rings. The van der Waals surface area contributed by atoms with Crippen molar-refractivity contribution in [1.29, 1.82) is 5.41 Å². The van der Waals surface area contributed by atoms with Gasteiger partial charge in [0.15, 0.2) is 5.58 Å². The summed E-state index contributed by atoms with van der Waals surface area (Å²) in [5, 5.41) is 7.64. The lowest BCUT2D eigenvalue weighted by Gasteiger charge is -2.15. The summed E-state index contributed by atoms with van der Waals surface area (Å²) >= 11 is 0. The molecule has 3 rings (SSSR count). The summed E-state index contributed by atoms with van der Waals surface area (Å²) in [7, 11) is 0. The molecule has 0 unspecified atom stereocenters. The number of rotatable bonds is 3. The van der Waals surface area contributed by atoms with Gasteiger partial charge in [0.05, 0.1) is 18.7 Å². The quantitative estimate of drug-likeness (QED) is 0.476. The Labute approximate surface area is 149 Å². The average molecular weight is 391 g/mol. The van der Waals surface area contributed by atoms with Crippen LogP contribution in [0.5, 0.6) is 0 Å². The van der Waals surface area contributed by atoms with Crippen molar-refractivity contribution in [3.8, 4) is 0 Å². The first kappa shape index (κ1) is 19.0. The minimum atomic E-state index is -4.53. The number of alkyl halides is 5. The molecule has 1 aliphatic heterocycles. The summed E-state index contributed by atoms with van der Waals surface area (Å²) in [6.45, 7) is -0.556. The van der Waals surface area contributed by atoms with E-state index >= 15 is 0 Å². The minimum absolute atomic E-state index is 0.0592. The summed E-state index contributed by atoms with van der Waals surface area (Å²) in [4.78, 5) is 8.73. The average Bonchev–Trinajstić information content (AvgIpc) is 3.07. The molecule has 1 saturated heterocycles. The van der Waals surface area contributed by atoms with Crippen LogP contribution in [0.4, 0.5) is 28.0 Å². The highest BCUT2D eigenvalue weighted by molar-refractivity contribution is 5.90. The van der Waals surface area contributed by atoms with Crippen LogP contribution in [0.3, 0.4) is 0 Å². The van der Waals surface area contributed by atoms with E-state index < -0.39 is 36.1 Å². The number of oxazole rings is 1. The topological polar surface area (TPSA) is 101 Å².